The van der Waals surface area contributed by atoms with Gasteiger partial charge in [0.25, 0.3) is 0 Å². The summed E-state index contributed by atoms with van der Waals surface area (Å²) in [5.74, 6) is -0.474. The first-order chi connectivity index (χ1) is 16.3. The van der Waals surface area contributed by atoms with Crippen LogP contribution in [0, 0.1) is 19.8 Å². The van der Waals surface area contributed by atoms with Crippen LogP contribution in [0.25, 0.3) is 0 Å². The third-order valence-electron chi connectivity index (χ3n) is 5.79. The number of aryl methyl sites for hydroxylation is 2. The molecule has 9 heteroatoms. The maximum atomic E-state index is 13.7. The maximum Gasteiger partial charge on any atom is 0.244 e. The third kappa shape index (κ3) is 7.97. The summed E-state index contributed by atoms with van der Waals surface area (Å²) in [6.45, 7) is 9.80. The Kier molecular flexibility index (Phi) is 10.2. The topological polar surface area (TPSA) is 86.8 Å². The van der Waals surface area contributed by atoms with Crippen molar-refractivity contribution < 1.29 is 18.0 Å². The maximum absolute atomic E-state index is 13.7. The number of rotatable bonds is 11. The van der Waals surface area contributed by atoms with Gasteiger partial charge in [-0.15, -0.1) is 0 Å². The highest BCUT2D eigenvalue weighted by atomic mass is 35.5. The number of sulfonamides is 1. The van der Waals surface area contributed by atoms with Gasteiger partial charge in [0, 0.05) is 18.1 Å². The van der Waals surface area contributed by atoms with Crippen molar-refractivity contribution in [1.82, 2.24) is 10.2 Å². The first-order valence-electron chi connectivity index (χ1n) is 11.7. The fourth-order valence-corrected chi connectivity index (χ4v) is 4.68. The van der Waals surface area contributed by atoms with Crippen LogP contribution in [-0.2, 0) is 26.2 Å². The zero-order valence-electron chi connectivity index (χ0n) is 21.3. The molecule has 0 fully saturated rings. The highest BCUT2D eigenvalue weighted by Crippen LogP contribution is 2.25. The predicted octanol–water partition coefficient (Wildman–Crippen LogP) is 4.30. The van der Waals surface area contributed by atoms with Gasteiger partial charge in [0.2, 0.25) is 21.8 Å². The van der Waals surface area contributed by atoms with Crippen molar-refractivity contribution in [3.05, 3.63) is 64.2 Å². The Labute approximate surface area is 214 Å². The molecular weight excluding hydrogens is 486 g/mol. The van der Waals surface area contributed by atoms with Gasteiger partial charge in [-0.3, -0.25) is 13.9 Å². The molecule has 0 aliphatic rings. The quantitative estimate of drug-likeness (QED) is 0.477. The molecule has 0 heterocycles. The molecule has 1 N–H and O–H groups in total. The van der Waals surface area contributed by atoms with Crippen molar-refractivity contribution in [2.24, 2.45) is 5.92 Å². The lowest BCUT2D eigenvalue weighted by Crippen LogP contribution is -2.52. The van der Waals surface area contributed by atoms with Crippen LogP contribution in [0.3, 0.4) is 0 Å². The molecule has 1 atom stereocenters. The number of benzene rings is 2. The van der Waals surface area contributed by atoms with Crippen molar-refractivity contribution >= 4 is 39.1 Å². The molecule has 7 nitrogen and oxygen atoms in total. The minimum atomic E-state index is -3.80. The summed E-state index contributed by atoms with van der Waals surface area (Å²) in [5.41, 5.74) is 2.96. The SMILES string of the molecule is CC[C@@H](C(=O)NCC(C)C)N(Cc1ccccc1C)C(=O)CN(c1ccc(C)c(Cl)c1)S(C)(=O)=O. The number of amides is 2. The Morgan fingerprint density at radius 3 is 2.26 bits per heavy atom. The van der Waals surface area contributed by atoms with E-state index in [0.29, 0.717) is 23.7 Å². The van der Waals surface area contributed by atoms with Crippen LogP contribution >= 0.6 is 11.6 Å². The zero-order valence-corrected chi connectivity index (χ0v) is 22.9. The summed E-state index contributed by atoms with van der Waals surface area (Å²) >= 11 is 6.24. The average molecular weight is 522 g/mol. The van der Waals surface area contributed by atoms with Gasteiger partial charge < -0.3 is 10.2 Å². The lowest BCUT2D eigenvalue weighted by molar-refractivity contribution is -0.140. The van der Waals surface area contributed by atoms with Crippen molar-refractivity contribution in [2.75, 3.05) is 23.7 Å². The summed E-state index contributed by atoms with van der Waals surface area (Å²) in [6, 6.07) is 11.7. The van der Waals surface area contributed by atoms with Crippen LogP contribution in [0.2, 0.25) is 5.02 Å². The molecule has 0 spiro atoms. The molecule has 0 saturated carbocycles. The lowest BCUT2D eigenvalue weighted by Gasteiger charge is -2.33. The molecule has 192 valence electrons. The molecule has 2 amide bonds. The van der Waals surface area contributed by atoms with E-state index in [9.17, 15) is 18.0 Å². The molecule has 0 radical (unpaired) electrons. The normalized spacial score (nSPS) is 12.3. The van der Waals surface area contributed by atoms with Gasteiger partial charge >= 0.3 is 0 Å². The lowest BCUT2D eigenvalue weighted by atomic mass is 10.1. The fraction of sp³-hybridized carbons (Fsp3) is 0.462. The van der Waals surface area contributed by atoms with Gasteiger partial charge in [-0.05, 0) is 55.0 Å². The molecule has 0 aliphatic heterocycles. The first kappa shape index (κ1) is 28.7. The number of carbonyl (C=O) groups excluding carboxylic acids is 2. The average Bonchev–Trinajstić information content (AvgIpc) is 2.78. The number of hydrogen-bond donors (Lipinski definition) is 1. The van der Waals surface area contributed by atoms with Gasteiger partial charge in [0.15, 0.2) is 0 Å². The molecule has 35 heavy (non-hydrogen) atoms. The van der Waals surface area contributed by atoms with E-state index in [1.165, 1.54) is 11.0 Å². The van der Waals surface area contributed by atoms with E-state index >= 15 is 0 Å². The molecule has 0 unspecified atom stereocenters. The second-order valence-corrected chi connectivity index (χ2v) is 11.5. The Balaban J connectivity index is 2.45. The van der Waals surface area contributed by atoms with Crippen LogP contribution in [0.15, 0.2) is 42.5 Å². The number of halogens is 1. The molecule has 2 aromatic rings. The van der Waals surface area contributed by atoms with Gasteiger partial charge in [-0.1, -0.05) is 62.7 Å². The predicted molar refractivity (Wildman–Crippen MR) is 142 cm³/mol. The molecule has 0 aliphatic carbocycles. The smallest absolute Gasteiger partial charge is 0.244 e. The van der Waals surface area contributed by atoms with Crippen LogP contribution in [0.5, 0.6) is 0 Å². The van der Waals surface area contributed by atoms with E-state index < -0.39 is 28.5 Å². The minimum absolute atomic E-state index is 0.186. The van der Waals surface area contributed by atoms with Crippen molar-refractivity contribution in [1.29, 1.82) is 0 Å². The van der Waals surface area contributed by atoms with Crippen LogP contribution in [0.1, 0.15) is 43.9 Å². The van der Waals surface area contributed by atoms with Crippen LogP contribution in [-0.4, -0.2) is 50.5 Å². The second-order valence-electron chi connectivity index (χ2n) is 9.21. The Bertz CT molecular complexity index is 1150. The van der Waals surface area contributed by atoms with Gasteiger partial charge in [-0.25, -0.2) is 8.42 Å². The molecule has 0 saturated heterocycles. The fourth-order valence-electron chi connectivity index (χ4n) is 3.66. The Hall–Kier alpha value is -2.58. The monoisotopic (exact) mass is 521 g/mol. The molecule has 0 aromatic heterocycles. The zero-order chi connectivity index (χ0) is 26.3. The highest BCUT2D eigenvalue weighted by molar-refractivity contribution is 7.92. The largest absolute Gasteiger partial charge is 0.354 e. The number of anilines is 1. The van der Waals surface area contributed by atoms with E-state index in [1.54, 1.807) is 12.1 Å². The molecule has 2 aromatic carbocycles. The minimum Gasteiger partial charge on any atom is -0.354 e. The summed E-state index contributed by atoms with van der Waals surface area (Å²) in [4.78, 5) is 28.2. The summed E-state index contributed by atoms with van der Waals surface area (Å²) in [6.07, 6.45) is 1.43. The van der Waals surface area contributed by atoms with Crippen LogP contribution in [0.4, 0.5) is 5.69 Å². The van der Waals surface area contributed by atoms with Crippen molar-refractivity contribution in [2.45, 2.75) is 53.6 Å². The van der Waals surface area contributed by atoms with E-state index in [2.05, 4.69) is 5.32 Å². The summed E-state index contributed by atoms with van der Waals surface area (Å²) in [7, 11) is -3.80. The molecular formula is C26H36ClN3O4S. The third-order valence-corrected chi connectivity index (χ3v) is 7.34. The van der Waals surface area contributed by atoms with E-state index in [0.717, 1.165) is 27.3 Å². The summed E-state index contributed by atoms with van der Waals surface area (Å²) < 4.78 is 26.4. The standard InChI is InChI=1S/C26H36ClN3O4S/c1-7-24(26(32)28-15-18(2)3)29(16-21-11-9-8-10-19(21)4)25(31)17-30(35(6,33)34)22-13-12-20(5)23(27)14-22/h8-14,18,24H,7,15-17H2,1-6H3,(H,28,32)/t24-/m0/s1. The number of carbonyl (C=O) groups is 2. The van der Waals surface area contributed by atoms with Gasteiger partial charge in [0.05, 0.1) is 11.9 Å². The first-order valence-corrected chi connectivity index (χ1v) is 13.9. The molecule has 0 bridgehead atoms. The summed E-state index contributed by atoms with van der Waals surface area (Å²) in [5, 5.41) is 3.32. The van der Waals surface area contributed by atoms with Gasteiger partial charge in [0.1, 0.15) is 12.6 Å². The van der Waals surface area contributed by atoms with Crippen molar-refractivity contribution in [3.63, 3.8) is 0 Å². The van der Waals surface area contributed by atoms with Gasteiger partial charge in [-0.2, -0.15) is 0 Å². The molecule has 2 rings (SSSR count). The van der Waals surface area contributed by atoms with E-state index in [-0.39, 0.29) is 18.4 Å². The van der Waals surface area contributed by atoms with E-state index in [1.807, 2.05) is 58.9 Å². The van der Waals surface area contributed by atoms with Crippen LogP contribution < -0.4 is 9.62 Å². The Morgan fingerprint density at radius 1 is 1.06 bits per heavy atom. The Morgan fingerprint density at radius 2 is 1.71 bits per heavy atom. The second kappa shape index (κ2) is 12.4. The number of nitrogens with one attached hydrogen (secondary N) is 1. The van der Waals surface area contributed by atoms with E-state index in [4.69, 9.17) is 11.6 Å². The van der Waals surface area contributed by atoms with Crippen molar-refractivity contribution in [3.8, 4) is 0 Å². The number of hydrogen-bond acceptors (Lipinski definition) is 4. The number of nitrogens with zero attached hydrogens (tertiary/aromatic N) is 2. The highest BCUT2D eigenvalue weighted by Gasteiger charge is 2.32.